The highest BCUT2D eigenvalue weighted by Gasteiger charge is 2.32. The Balaban J connectivity index is 1.80. The minimum absolute atomic E-state index is 0.101. The molecule has 10 heteroatoms. The number of carbonyl (C=O) groups excluding carboxylic acids is 1. The van der Waals surface area contributed by atoms with E-state index in [4.69, 9.17) is 18.9 Å². The van der Waals surface area contributed by atoms with E-state index in [1.54, 1.807) is 12.1 Å². The summed E-state index contributed by atoms with van der Waals surface area (Å²) in [4.78, 5) is 13.7. The first kappa shape index (κ1) is 30.3. The monoisotopic (exact) mass is 590 g/mol. The quantitative estimate of drug-likeness (QED) is 0.244. The molecule has 220 valence electrons. The van der Waals surface area contributed by atoms with E-state index >= 15 is 0 Å². The Morgan fingerprint density at radius 1 is 0.762 bits per heavy atom. The van der Waals surface area contributed by atoms with Crippen molar-refractivity contribution >= 4 is 21.6 Å². The maximum absolute atomic E-state index is 14.2. The molecule has 0 radical (unpaired) electrons. The number of carbonyl (C=O) groups is 1. The smallest absolute Gasteiger partial charge is 0.265 e. The molecule has 0 aliphatic rings. The van der Waals surface area contributed by atoms with Crippen molar-refractivity contribution in [3.63, 3.8) is 0 Å². The van der Waals surface area contributed by atoms with E-state index in [-0.39, 0.29) is 22.1 Å². The lowest BCUT2D eigenvalue weighted by Gasteiger charge is -2.28. The second-order valence-corrected chi connectivity index (χ2v) is 11.2. The first-order chi connectivity index (χ1) is 20.2. The summed E-state index contributed by atoms with van der Waals surface area (Å²) >= 11 is 0. The molecule has 0 spiro atoms. The zero-order valence-electron chi connectivity index (χ0n) is 24.2. The maximum atomic E-state index is 14.2. The Bertz CT molecular complexity index is 1640. The number of hydrogen-bond acceptors (Lipinski definition) is 7. The molecule has 4 rings (SSSR count). The van der Waals surface area contributed by atoms with Gasteiger partial charge in [-0.2, -0.15) is 0 Å². The molecule has 9 nitrogen and oxygen atoms in total. The van der Waals surface area contributed by atoms with E-state index in [0.717, 1.165) is 21.0 Å². The molecule has 0 aromatic heterocycles. The number of anilines is 1. The lowest BCUT2D eigenvalue weighted by atomic mass is 9.95. The minimum Gasteiger partial charge on any atom is -0.497 e. The summed E-state index contributed by atoms with van der Waals surface area (Å²) in [6, 6.07) is 25.7. The number of ether oxygens (including phenoxy) is 4. The number of amides is 1. The third kappa shape index (κ3) is 6.44. The molecule has 1 amide bonds. The van der Waals surface area contributed by atoms with Gasteiger partial charge in [-0.25, -0.2) is 8.42 Å². The van der Waals surface area contributed by atoms with E-state index in [9.17, 15) is 13.2 Å². The summed E-state index contributed by atoms with van der Waals surface area (Å²) in [6.07, 6.45) is 0. The molecule has 42 heavy (non-hydrogen) atoms. The molecular weight excluding hydrogens is 556 g/mol. The van der Waals surface area contributed by atoms with E-state index in [1.165, 1.54) is 52.7 Å². The zero-order chi connectivity index (χ0) is 30.3. The van der Waals surface area contributed by atoms with Gasteiger partial charge in [0.25, 0.3) is 10.0 Å². The number of aryl methyl sites for hydroxylation is 1. The highest BCUT2D eigenvalue weighted by molar-refractivity contribution is 7.92. The fourth-order valence-electron chi connectivity index (χ4n) is 4.63. The summed E-state index contributed by atoms with van der Waals surface area (Å²) in [5.74, 6) is 0.695. The van der Waals surface area contributed by atoms with Gasteiger partial charge in [0.1, 0.15) is 18.0 Å². The predicted octanol–water partition coefficient (Wildman–Crippen LogP) is 5.13. The largest absolute Gasteiger partial charge is 0.497 e. The molecule has 0 aliphatic heterocycles. The predicted molar refractivity (Wildman–Crippen MR) is 161 cm³/mol. The first-order valence-electron chi connectivity index (χ1n) is 13.1. The molecular formula is C32H34N2O7S. The molecule has 0 heterocycles. The number of benzene rings is 4. The number of rotatable bonds is 12. The third-order valence-corrected chi connectivity index (χ3v) is 8.58. The van der Waals surface area contributed by atoms with Crippen molar-refractivity contribution in [2.45, 2.75) is 17.9 Å². The van der Waals surface area contributed by atoms with Crippen LogP contribution in [-0.2, 0) is 14.8 Å². The average molecular weight is 591 g/mol. The lowest BCUT2D eigenvalue weighted by molar-refractivity contribution is -0.120. The Morgan fingerprint density at radius 3 is 2.05 bits per heavy atom. The molecule has 0 aliphatic carbocycles. The van der Waals surface area contributed by atoms with Gasteiger partial charge < -0.3 is 24.3 Å². The van der Waals surface area contributed by atoms with Crippen LogP contribution in [0.4, 0.5) is 5.69 Å². The molecule has 0 fully saturated rings. The second kappa shape index (κ2) is 13.3. The van der Waals surface area contributed by atoms with E-state index in [1.807, 2.05) is 61.5 Å². The van der Waals surface area contributed by atoms with Gasteiger partial charge in [0, 0.05) is 12.1 Å². The van der Waals surface area contributed by atoms with Crippen LogP contribution in [0.25, 0.3) is 0 Å². The number of methoxy groups -OCH3 is 4. The van der Waals surface area contributed by atoms with Crippen LogP contribution in [0.15, 0.2) is 95.9 Å². The van der Waals surface area contributed by atoms with Gasteiger partial charge in [-0.1, -0.05) is 54.6 Å². The normalized spacial score (nSPS) is 11.7. The fraction of sp³-hybridized carbons (Fsp3) is 0.219. The van der Waals surface area contributed by atoms with E-state index in [2.05, 4.69) is 5.32 Å². The van der Waals surface area contributed by atoms with Crippen molar-refractivity contribution in [1.82, 2.24) is 5.32 Å². The SMILES string of the molecule is COc1ccc(OC)c(N(CC(=O)NC(c2ccccc2)c2ccccc2C)S(=O)(=O)c2ccc(OC)c(OC)c2)c1. The van der Waals surface area contributed by atoms with Crippen molar-refractivity contribution in [2.24, 2.45) is 0 Å². The van der Waals surface area contributed by atoms with Gasteiger partial charge in [-0.05, 0) is 47.9 Å². The Labute approximate surface area is 246 Å². The Kier molecular flexibility index (Phi) is 9.59. The Morgan fingerprint density at radius 2 is 1.40 bits per heavy atom. The zero-order valence-corrected chi connectivity index (χ0v) is 25.0. The van der Waals surface area contributed by atoms with Gasteiger partial charge in [-0.3, -0.25) is 9.10 Å². The first-order valence-corrected chi connectivity index (χ1v) is 14.5. The van der Waals surface area contributed by atoms with Crippen LogP contribution in [0.3, 0.4) is 0 Å². The number of hydrogen-bond donors (Lipinski definition) is 1. The van der Waals surface area contributed by atoms with Crippen LogP contribution in [0, 0.1) is 6.92 Å². The van der Waals surface area contributed by atoms with Gasteiger partial charge in [0.2, 0.25) is 5.91 Å². The Hall–Kier alpha value is -4.70. The molecule has 0 saturated carbocycles. The molecule has 0 bridgehead atoms. The van der Waals surface area contributed by atoms with Crippen molar-refractivity contribution < 1.29 is 32.2 Å². The molecule has 1 atom stereocenters. The molecule has 1 unspecified atom stereocenters. The maximum Gasteiger partial charge on any atom is 0.265 e. The number of nitrogens with zero attached hydrogens (tertiary/aromatic N) is 1. The molecule has 4 aromatic carbocycles. The van der Waals surface area contributed by atoms with Crippen LogP contribution in [0.2, 0.25) is 0 Å². The third-order valence-electron chi connectivity index (χ3n) is 6.82. The van der Waals surface area contributed by atoms with Gasteiger partial charge in [0.05, 0.1) is 45.1 Å². The van der Waals surface area contributed by atoms with E-state index < -0.39 is 28.5 Å². The summed E-state index contributed by atoms with van der Waals surface area (Å²) in [7, 11) is 1.44. The highest BCUT2D eigenvalue weighted by atomic mass is 32.2. The van der Waals surface area contributed by atoms with Gasteiger partial charge in [0.15, 0.2) is 11.5 Å². The van der Waals surface area contributed by atoms with Crippen LogP contribution in [0.5, 0.6) is 23.0 Å². The van der Waals surface area contributed by atoms with E-state index in [0.29, 0.717) is 11.5 Å². The van der Waals surface area contributed by atoms with Crippen LogP contribution in [-0.4, -0.2) is 49.3 Å². The topological polar surface area (TPSA) is 103 Å². The molecule has 0 saturated heterocycles. The highest BCUT2D eigenvalue weighted by Crippen LogP contribution is 2.37. The van der Waals surface area contributed by atoms with Crippen molar-refractivity contribution in [3.05, 3.63) is 108 Å². The standard InChI is InChI=1S/C32H34N2O7S/c1-22-11-9-10-14-26(22)32(23-12-7-6-8-13-23)33-31(35)21-34(27-19-24(38-2)15-17-28(27)39-3)42(36,37)25-16-18-29(40-4)30(20-25)41-5/h6-20,32H,21H2,1-5H3,(H,33,35). The van der Waals surface area contributed by atoms with Crippen LogP contribution < -0.4 is 28.6 Å². The summed E-state index contributed by atoms with van der Waals surface area (Å²) in [6.45, 7) is 1.42. The fourth-order valence-corrected chi connectivity index (χ4v) is 6.07. The number of nitrogens with one attached hydrogen (secondary N) is 1. The van der Waals surface area contributed by atoms with Crippen LogP contribution >= 0.6 is 0 Å². The van der Waals surface area contributed by atoms with Crippen molar-refractivity contribution in [3.8, 4) is 23.0 Å². The van der Waals surface area contributed by atoms with Crippen LogP contribution in [0.1, 0.15) is 22.7 Å². The number of sulfonamides is 1. The summed E-state index contributed by atoms with van der Waals surface area (Å²) in [5.41, 5.74) is 2.86. The lowest BCUT2D eigenvalue weighted by Crippen LogP contribution is -2.42. The minimum atomic E-state index is -4.34. The van der Waals surface area contributed by atoms with Crippen molar-refractivity contribution in [2.75, 3.05) is 39.3 Å². The molecule has 4 aromatic rings. The molecule has 1 N–H and O–H groups in total. The van der Waals surface area contributed by atoms with Gasteiger partial charge >= 0.3 is 0 Å². The van der Waals surface area contributed by atoms with Gasteiger partial charge in [-0.15, -0.1) is 0 Å². The summed E-state index contributed by atoms with van der Waals surface area (Å²) in [5, 5.41) is 3.06. The average Bonchev–Trinajstić information content (AvgIpc) is 3.02. The summed E-state index contributed by atoms with van der Waals surface area (Å²) < 4.78 is 51.0. The van der Waals surface area contributed by atoms with Crippen molar-refractivity contribution in [1.29, 1.82) is 0 Å². The second-order valence-electron chi connectivity index (χ2n) is 9.33.